The van der Waals surface area contributed by atoms with Gasteiger partial charge in [0.05, 0.1) is 26.2 Å². The molecule has 2 aliphatic rings. The largest absolute Gasteiger partial charge is 0.493 e. The number of benzene rings is 1. The molecule has 0 radical (unpaired) electrons. The van der Waals surface area contributed by atoms with Crippen LogP contribution in [0, 0.1) is 17.7 Å². The van der Waals surface area contributed by atoms with E-state index in [1.165, 1.54) is 38.4 Å². The van der Waals surface area contributed by atoms with Crippen LogP contribution in [0.3, 0.4) is 0 Å². The van der Waals surface area contributed by atoms with Crippen LogP contribution in [0.1, 0.15) is 42.7 Å². The summed E-state index contributed by atoms with van der Waals surface area (Å²) in [5.74, 6) is -3.55. The van der Waals surface area contributed by atoms with Crippen molar-refractivity contribution in [3.63, 3.8) is 0 Å². The highest BCUT2D eigenvalue weighted by molar-refractivity contribution is 5.98. The monoisotopic (exact) mass is 588 g/mol. The van der Waals surface area contributed by atoms with Gasteiger partial charge in [0.15, 0.2) is 23.2 Å². The maximum Gasteiger partial charge on any atom is 0.331 e. The quantitative estimate of drug-likeness (QED) is 0.248. The Kier molecular flexibility index (Phi) is 10.3. The third kappa shape index (κ3) is 8.15. The number of hydrogen-bond acceptors (Lipinski definition) is 11. The molecule has 4 atom stereocenters. The summed E-state index contributed by atoms with van der Waals surface area (Å²) in [6.45, 7) is 2.01. The van der Waals surface area contributed by atoms with E-state index in [1.807, 2.05) is 0 Å². The number of rotatable bonds is 10. The molecule has 4 unspecified atom stereocenters. The summed E-state index contributed by atoms with van der Waals surface area (Å²) in [7, 11) is 1.36. The van der Waals surface area contributed by atoms with E-state index >= 15 is 0 Å². The number of aromatic nitrogens is 1. The molecule has 226 valence electrons. The van der Waals surface area contributed by atoms with Crippen molar-refractivity contribution < 1.29 is 52.0 Å². The second-order valence-corrected chi connectivity index (χ2v) is 10.0. The lowest BCUT2D eigenvalue weighted by molar-refractivity contribution is -0.163. The summed E-state index contributed by atoms with van der Waals surface area (Å²) in [6, 6.07) is 6.07. The molecule has 2 fully saturated rings. The molecule has 13 heteroatoms. The predicted molar refractivity (Wildman–Crippen MR) is 142 cm³/mol. The van der Waals surface area contributed by atoms with E-state index in [2.05, 4.69) is 10.3 Å². The second kappa shape index (κ2) is 14.1. The molecule has 1 saturated heterocycles. The molecule has 1 N–H and O–H groups in total. The first-order valence-electron chi connectivity index (χ1n) is 13.5. The maximum atomic E-state index is 13.5. The number of amides is 1. The molecule has 2 aromatic rings. The summed E-state index contributed by atoms with van der Waals surface area (Å²) in [4.78, 5) is 54.3. The Morgan fingerprint density at radius 3 is 2.52 bits per heavy atom. The topological polar surface area (TPSA) is 149 Å². The molecule has 2 heterocycles. The van der Waals surface area contributed by atoms with Crippen LogP contribution in [0.5, 0.6) is 11.5 Å². The van der Waals surface area contributed by atoms with Gasteiger partial charge < -0.3 is 33.7 Å². The van der Waals surface area contributed by atoms with E-state index < -0.39 is 54.6 Å². The smallest absolute Gasteiger partial charge is 0.331 e. The Balaban J connectivity index is 1.52. The van der Waals surface area contributed by atoms with Gasteiger partial charge in [-0.1, -0.05) is 12.1 Å². The fourth-order valence-electron chi connectivity index (χ4n) is 4.42. The van der Waals surface area contributed by atoms with Gasteiger partial charge in [0.2, 0.25) is 6.79 Å². The van der Waals surface area contributed by atoms with Gasteiger partial charge in [-0.25, -0.2) is 14.2 Å². The Morgan fingerprint density at radius 2 is 1.86 bits per heavy atom. The number of esters is 3. The van der Waals surface area contributed by atoms with Crippen LogP contribution >= 0.6 is 0 Å². The van der Waals surface area contributed by atoms with Crippen molar-refractivity contribution in [2.45, 2.75) is 51.4 Å². The van der Waals surface area contributed by atoms with Crippen molar-refractivity contribution in [1.29, 1.82) is 0 Å². The summed E-state index contributed by atoms with van der Waals surface area (Å²) in [5, 5.41) is 2.55. The van der Waals surface area contributed by atoms with Gasteiger partial charge in [-0.3, -0.25) is 14.4 Å². The molecule has 42 heavy (non-hydrogen) atoms. The fourth-order valence-corrected chi connectivity index (χ4v) is 4.42. The first kappa shape index (κ1) is 30.7. The Labute approximate surface area is 241 Å². The van der Waals surface area contributed by atoms with E-state index in [0.717, 1.165) is 18.4 Å². The molecule has 4 rings (SSSR count). The first-order valence-corrected chi connectivity index (χ1v) is 13.5. The van der Waals surface area contributed by atoms with E-state index in [9.17, 15) is 23.6 Å². The zero-order chi connectivity index (χ0) is 30.2. The SMILES string of the molecule is COc1ccnc(C(=O)NC2COCC(OC(=O)C3CC3)C(Cc3ccc(F)cc3)C(C)OC2=O)c1OCOC(C)=O. The molecular formula is C29H33FN2O10. The predicted octanol–water partition coefficient (Wildman–Crippen LogP) is 2.37. The molecule has 12 nitrogen and oxygen atoms in total. The number of hydrogen-bond donors (Lipinski definition) is 1. The zero-order valence-corrected chi connectivity index (χ0v) is 23.5. The Bertz CT molecular complexity index is 1280. The van der Waals surface area contributed by atoms with Crippen molar-refractivity contribution in [3.05, 3.63) is 53.6 Å². The lowest BCUT2D eigenvalue weighted by Crippen LogP contribution is -2.46. The van der Waals surface area contributed by atoms with Gasteiger partial charge in [-0.15, -0.1) is 0 Å². The summed E-state index contributed by atoms with van der Waals surface area (Å²) < 4.78 is 46.3. The number of ether oxygens (including phenoxy) is 6. The minimum Gasteiger partial charge on any atom is -0.493 e. The molecule has 0 bridgehead atoms. The maximum absolute atomic E-state index is 13.5. The van der Waals surface area contributed by atoms with Crippen molar-refractivity contribution in [3.8, 4) is 11.5 Å². The molecule has 1 aliphatic heterocycles. The highest BCUT2D eigenvalue weighted by atomic mass is 19.1. The third-order valence-corrected chi connectivity index (χ3v) is 6.87. The van der Waals surface area contributed by atoms with Gasteiger partial charge in [0.1, 0.15) is 18.0 Å². The second-order valence-electron chi connectivity index (χ2n) is 10.0. The summed E-state index contributed by atoms with van der Waals surface area (Å²) in [5.41, 5.74) is 0.527. The van der Waals surface area contributed by atoms with Crippen LogP contribution in [0.25, 0.3) is 0 Å². The molecule has 1 aromatic carbocycles. The lowest BCUT2D eigenvalue weighted by Gasteiger charge is -2.30. The van der Waals surface area contributed by atoms with Gasteiger partial charge in [0, 0.05) is 25.1 Å². The standard InChI is InChI=1S/C29H33FN2O10/c1-16-21(12-18-4-8-20(30)9-5-18)24(42-28(35)19-6-7-19)14-38-13-22(29(36)41-16)32-27(34)25-26(40-15-39-17(2)33)23(37-3)10-11-31-25/h4-5,8-11,16,19,21-22,24H,6-7,12-15H2,1-3H3,(H,32,34). The van der Waals surface area contributed by atoms with Crippen LogP contribution in [0.2, 0.25) is 0 Å². The molecule has 1 aliphatic carbocycles. The number of pyridine rings is 1. The van der Waals surface area contributed by atoms with Gasteiger partial charge in [0.25, 0.3) is 5.91 Å². The van der Waals surface area contributed by atoms with E-state index in [0.29, 0.717) is 6.42 Å². The summed E-state index contributed by atoms with van der Waals surface area (Å²) in [6.07, 6.45) is 1.59. The zero-order valence-electron chi connectivity index (χ0n) is 23.5. The van der Waals surface area contributed by atoms with E-state index in [-0.39, 0.29) is 42.3 Å². The molecule has 1 aromatic heterocycles. The van der Waals surface area contributed by atoms with Gasteiger partial charge in [-0.2, -0.15) is 0 Å². The normalized spacial score (nSPS) is 22.4. The average Bonchev–Trinajstić information content (AvgIpc) is 3.80. The third-order valence-electron chi connectivity index (χ3n) is 6.87. The highest BCUT2D eigenvalue weighted by Gasteiger charge is 2.40. The number of carbonyl (C=O) groups is 4. The number of carbonyl (C=O) groups excluding carboxylic acids is 4. The molecule has 0 spiro atoms. The molecule has 1 amide bonds. The van der Waals surface area contributed by atoms with E-state index in [1.54, 1.807) is 19.1 Å². The highest BCUT2D eigenvalue weighted by Crippen LogP contribution is 2.33. The van der Waals surface area contributed by atoms with Gasteiger partial charge >= 0.3 is 17.9 Å². The average molecular weight is 589 g/mol. The van der Waals surface area contributed by atoms with Crippen LogP contribution in [-0.4, -0.2) is 74.2 Å². The number of halogens is 1. The van der Waals surface area contributed by atoms with Crippen LogP contribution in [0.4, 0.5) is 4.39 Å². The minimum absolute atomic E-state index is 0.0637. The fraction of sp³-hybridized carbons (Fsp3) is 0.483. The number of cyclic esters (lactones) is 1. The van der Waals surface area contributed by atoms with Crippen LogP contribution in [0.15, 0.2) is 36.5 Å². The van der Waals surface area contributed by atoms with Crippen LogP contribution in [-0.2, 0) is 39.8 Å². The first-order chi connectivity index (χ1) is 20.2. The minimum atomic E-state index is -1.25. The lowest BCUT2D eigenvalue weighted by atomic mass is 9.89. The Morgan fingerprint density at radius 1 is 1.12 bits per heavy atom. The van der Waals surface area contributed by atoms with Crippen molar-refractivity contribution in [2.75, 3.05) is 27.1 Å². The Hall–Kier alpha value is -4.26. The van der Waals surface area contributed by atoms with E-state index in [4.69, 9.17) is 28.4 Å². The van der Waals surface area contributed by atoms with Crippen molar-refractivity contribution >= 4 is 23.8 Å². The molecular weight excluding hydrogens is 555 g/mol. The number of nitrogens with one attached hydrogen (secondary N) is 1. The van der Waals surface area contributed by atoms with Crippen molar-refractivity contribution in [1.82, 2.24) is 10.3 Å². The van der Waals surface area contributed by atoms with Gasteiger partial charge in [-0.05, 0) is 43.9 Å². The van der Waals surface area contributed by atoms with Crippen molar-refractivity contribution in [2.24, 2.45) is 11.8 Å². The number of nitrogens with zero attached hydrogens (tertiary/aromatic N) is 1. The summed E-state index contributed by atoms with van der Waals surface area (Å²) >= 11 is 0. The molecule has 1 saturated carbocycles. The number of methoxy groups -OCH3 is 1. The van der Waals surface area contributed by atoms with Crippen LogP contribution < -0.4 is 14.8 Å².